The van der Waals surface area contributed by atoms with Gasteiger partial charge in [-0.15, -0.1) is 0 Å². The molecule has 1 saturated heterocycles. The zero-order chi connectivity index (χ0) is 17.6. The summed E-state index contributed by atoms with van der Waals surface area (Å²) in [7, 11) is 0. The predicted octanol–water partition coefficient (Wildman–Crippen LogP) is 2.61. The molecule has 0 bridgehead atoms. The van der Waals surface area contributed by atoms with E-state index in [4.69, 9.17) is 4.74 Å². The van der Waals surface area contributed by atoms with Gasteiger partial charge >= 0.3 is 5.69 Å². The summed E-state index contributed by atoms with van der Waals surface area (Å²) in [5, 5.41) is 20.0. The Hall–Kier alpha value is -2.74. The third-order valence-electron chi connectivity index (χ3n) is 4.46. The molecule has 3 rings (SSSR count). The number of hydrogen-bond acceptors (Lipinski definition) is 5. The van der Waals surface area contributed by atoms with Crippen LogP contribution in [0.1, 0.15) is 41.4 Å². The number of H-pyrrole nitrogens is 1. The number of rotatable bonds is 6. The Morgan fingerprint density at radius 2 is 2.08 bits per heavy atom. The summed E-state index contributed by atoms with van der Waals surface area (Å²) in [5.74, 6) is -0.0823. The first-order chi connectivity index (χ1) is 12.1. The van der Waals surface area contributed by atoms with Crippen molar-refractivity contribution >= 4 is 11.6 Å². The molecule has 0 radical (unpaired) electrons. The van der Waals surface area contributed by atoms with Crippen molar-refractivity contribution in [2.45, 2.75) is 25.3 Å². The molecule has 8 nitrogen and oxygen atoms in total. The minimum Gasteiger partial charge on any atom is -0.381 e. The van der Waals surface area contributed by atoms with E-state index in [9.17, 15) is 14.9 Å². The molecule has 25 heavy (non-hydrogen) atoms. The lowest BCUT2D eigenvalue weighted by Gasteiger charge is -2.27. The van der Waals surface area contributed by atoms with Crippen molar-refractivity contribution in [2.24, 2.45) is 5.92 Å². The summed E-state index contributed by atoms with van der Waals surface area (Å²) in [6, 6.07) is 9.42. The molecule has 0 spiro atoms. The lowest BCUT2D eigenvalue weighted by Crippen LogP contribution is -2.32. The number of aromatic nitrogens is 2. The number of benzene rings is 1. The molecule has 1 amide bonds. The van der Waals surface area contributed by atoms with E-state index in [-0.39, 0.29) is 17.4 Å². The van der Waals surface area contributed by atoms with Crippen LogP contribution in [0, 0.1) is 16.0 Å². The van der Waals surface area contributed by atoms with E-state index in [1.807, 2.05) is 30.3 Å². The highest BCUT2D eigenvalue weighted by molar-refractivity contribution is 5.96. The van der Waals surface area contributed by atoms with E-state index in [0.717, 1.165) is 44.2 Å². The number of carbonyl (C=O) groups excluding carboxylic acids is 1. The summed E-state index contributed by atoms with van der Waals surface area (Å²) >= 11 is 0. The summed E-state index contributed by atoms with van der Waals surface area (Å²) in [5.41, 5.74) is 0.526. The third-order valence-corrected chi connectivity index (χ3v) is 4.46. The van der Waals surface area contributed by atoms with E-state index in [2.05, 4.69) is 15.5 Å². The number of nitrogens with one attached hydrogen (secondary N) is 2. The van der Waals surface area contributed by atoms with Crippen molar-refractivity contribution in [3.8, 4) is 0 Å². The van der Waals surface area contributed by atoms with Crippen LogP contribution in [0.2, 0.25) is 0 Å². The average Bonchev–Trinajstić information content (AvgIpc) is 3.13. The molecule has 1 unspecified atom stereocenters. The predicted molar refractivity (Wildman–Crippen MR) is 90.1 cm³/mol. The smallest absolute Gasteiger partial charge is 0.319 e. The van der Waals surface area contributed by atoms with Gasteiger partial charge in [0.15, 0.2) is 0 Å². The third kappa shape index (κ3) is 4.21. The van der Waals surface area contributed by atoms with Crippen molar-refractivity contribution in [2.75, 3.05) is 13.2 Å². The fraction of sp³-hybridized carbons (Fsp3) is 0.412. The molecule has 2 heterocycles. The minimum atomic E-state index is -0.617. The van der Waals surface area contributed by atoms with Crippen molar-refractivity contribution in [3.05, 3.63) is 57.9 Å². The van der Waals surface area contributed by atoms with Crippen LogP contribution in [0.15, 0.2) is 36.5 Å². The van der Waals surface area contributed by atoms with Crippen molar-refractivity contribution in [1.82, 2.24) is 15.5 Å². The number of aromatic amines is 1. The summed E-state index contributed by atoms with van der Waals surface area (Å²) in [6.45, 7) is 1.46. The molecule has 1 aromatic carbocycles. The molecule has 2 N–H and O–H groups in total. The SMILES string of the molecule is O=C(NC(CC1CCOCC1)c1ccccc1)c1[nH]ncc1[N+](=O)[O-]. The molecule has 1 fully saturated rings. The molecular formula is C17H20N4O4. The Bertz CT molecular complexity index is 725. The minimum absolute atomic E-state index is 0.127. The van der Waals surface area contributed by atoms with Crippen LogP contribution in [-0.2, 0) is 4.74 Å². The summed E-state index contributed by atoms with van der Waals surface area (Å²) in [6.07, 6.45) is 3.71. The van der Waals surface area contributed by atoms with E-state index < -0.39 is 10.8 Å². The molecule has 1 atom stereocenters. The number of nitro groups is 1. The van der Waals surface area contributed by atoms with Gasteiger partial charge in [0.2, 0.25) is 5.69 Å². The molecule has 132 valence electrons. The van der Waals surface area contributed by atoms with E-state index in [0.29, 0.717) is 5.92 Å². The summed E-state index contributed by atoms with van der Waals surface area (Å²) in [4.78, 5) is 22.9. The van der Waals surface area contributed by atoms with Crippen molar-refractivity contribution in [1.29, 1.82) is 0 Å². The Balaban J connectivity index is 1.78. The Morgan fingerprint density at radius 3 is 2.76 bits per heavy atom. The first kappa shape index (κ1) is 17.1. The second kappa shape index (κ2) is 7.89. The zero-order valence-electron chi connectivity index (χ0n) is 13.7. The number of carbonyl (C=O) groups is 1. The largest absolute Gasteiger partial charge is 0.381 e. The van der Waals surface area contributed by atoms with E-state index >= 15 is 0 Å². The van der Waals surface area contributed by atoms with Crippen LogP contribution in [0.3, 0.4) is 0 Å². The van der Waals surface area contributed by atoms with Gasteiger partial charge in [0.25, 0.3) is 5.91 Å². The van der Waals surface area contributed by atoms with Gasteiger partial charge in [0, 0.05) is 13.2 Å². The number of hydrogen-bond donors (Lipinski definition) is 2. The molecule has 0 saturated carbocycles. The van der Waals surface area contributed by atoms with Gasteiger partial charge in [-0.3, -0.25) is 20.0 Å². The first-order valence-corrected chi connectivity index (χ1v) is 8.26. The zero-order valence-corrected chi connectivity index (χ0v) is 13.7. The van der Waals surface area contributed by atoms with Crippen molar-refractivity contribution in [3.63, 3.8) is 0 Å². The van der Waals surface area contributed by atoms with Crippen LogP contribution < -0.4 is 5.32 Å². The van der Waals surface area contributed by atoms with Crippen molar-refractivity contribution < 1.29 is 14.5 Å². The normalized spacial score (nSPS) is 16.3. The monoisotopic (exact) mass is 344 g/mol. The van der Waals surface area contributed by atoms with Crippen LogP contribution in [0.25, 0.3) is 0 Å². The Kier molecular flexibility index (Phi) is 5.39. The highest BCUT2D eigenvalue weighted by Gasteiger charge is 2.27. The maximum Gasteiger partial charge on any atom is 0.319 e. The maximum atomic E-state index is 12.5. The molecular weight excluding hydrogens is 324 g/mol. The molecule has 2 aromatic rings. The highest BCUT2D eigenvalue weighted by atomic mass is 16.6. The molecule has 0 aliphatic carbocycles. The standard InChI is InChI=1S/C17H20N4O4/c22-17(16-15(21(23)24)11-18-20-16)19-14(13-4-2-1-3-5-13)10-12-6-8-25-9-7-12/h1-5,11-12,14H,6-10H2,(H,18,20)(H,19,22). The summed E-state index contributed by atoms with van der Waals surface area (Å²) < 4.78 is 5.39. The number of ether oxygens (including phenoxy) is 1. The van der Waals surface area contributed by atoms with Crippen LogP contribution in [0.4, 0.5) is 5.69 Å². The average molecular weight is 344 g/mol. The molecule has 1 aliphatic rings. The van der Waals surface area contributed by atoms with Gasteiger partial charge in [-0.2, -0.15) is 5.10 Å². The van der Waals surface area contributed by atoms with Crippen LogP contribution in [-0.4, -0.2) is 34.2 Å². The number of amides is 1. The highest BCUT2D eigenvalue weighted by Crippen LogP contribution is 2.28. The van der Waals surface area contributed by atoms with Gasteiger partial charge in [-0.1, -0.05) is 30.3 Å². The first-order valence-electron chi connectivity index (χ1n) is 8.26. The second-order valence-electron chi connectivity index (χ2n) is 6.12. The number of nitrogens with zero attached hydrogens (tertiary/aromatic N) is 2. The molecule has 8 heteroatoms. The Labute approximate surface area is 144 Å². The van der Waals surface area contributed by atoms with Gasteiger partial charge in [0.05, 0.1) is 11.0 Å². The lowest BCUT2D eigenvalue weighted by molar-refractivity contribution is -0.385. The second-order valence-corrected chi connectivity index (χ2v) is 6.12. The van der Waals surface area contributed by atoms with Gasteiger partial charge in [-0.05, 0) is 30.7 Å². The van der Waals surface area contributed by atoms with Crippen LogP contribution >= 0.6 is 0 Å². The van der Waals surface area contributed by atoms with E-state index in [1.165, 1.54) is 0 Å². The van der Waals surface area contributed by atoms with Crippen LogP contribution in [0.5, 0.6) is 0 Å². The van der Waals surface area contributed by atoms with Gasteiger partial charge in [-0.25, -0.2) is 0 Å². The molecule has 1 aliphatic heterocycles. The Morgan fingerprint density at radius 1 is 1.36 bits per heavy atom. The van der Waals surface area contributed by atoms with Gasteiger partial charge in [0.1, 0.15) is 6.20 Å². The van der Waals surface area contributed by atoms with E-state index in [1.54, 1.807) is 0 Å². The van der Waals surface area contributed by atoms with Gasteiger partial charge < -0.3 is 10.1 Å². The fourth-order valence-electron chi connectivity index (χ4n) is 3.09. The fourth-order valence-corrected chi connectivity index (χ4v) is 3.09. The lowest BCUT2D eigenvalue weighted by atomic mass is 9.89. The molecule has 1 aromatic heterocycles. The quantitative estimate of drug-likeness (QED) is 0.618. The maximum absolute atomic E-state index is 12.5. The topological polar surface area (TPSA) is 110 Å².